The molecule has 0 amide bonds. The van der Waals surface area contributed by atoms with Crippen molar-refractivity contribution in [2.45, 2.75) is 31.7 Å². The summed E-state index contributed by atoms with van der Waals surface area (Å²) in [5, 5.41) is 7.82. The predicted molar refractivity (Wildman–Crippen MR) is 84.9 cm³/mol. The topological polar surface area (TPSA) is 109 Å². The van der Waals surface area contributed by atoms with E-state index in [9.17, 15) is 4.79 Å². The fourth-order valence-corrected chi connectivity index (χ4v) is 2.47. The van der Waals surface area contributed by atoms with Crippen LogP contribution in [0, 0.1) is 0 Å². The van der Waals surface area contributed by atoms with Crippen molar-refractivity contribution in [1.82, 2.24) is 24.8 Å². The van der Waals surface area contributed by atoms with E-state index in [2.05, 4.69) is 20.3 Å². The number of pyridine rings is 1. The van der Waals surface area contributed by atoms with Gasteiger partial charge in [0.15, 0.2) is 11.6 Å². The molecule has 0 saturated heterocycles. The summed E-state index contributed by atoms with van der Waals surface area (Å²) in [7, 11) is 1.61. The number of nitrogens with zero attached hydrogens (tertiary/aromatic N) is 5. The normalized spacial score (nSPS) is 14.1. The van der Waals surface area contributed by atoms with Crippen LogP contribution in [-0.4, -0.2) is 38.6 Å². The molecule has 3 aromatic rings. The van der Waals surface area contributed by atoms with Crippen molar-refractivity contribution < 1.29 is 13.8 Å². The van der Waals surface area contributed by atoms with Crippen LogP contribution >= 0.6 is 0 Å². The van der Waals surface area contributed by atoms with Gasteiger partial charge in [0.25, 0.3) is 11.4 Å². The molecular weight excluding hydrogens is 326 g/mol. The minimum absolute atomic E-state index is 0.177. The van der Waals surface area contributed by atoms with Gasteiger partial charge in [-0.1, -0.05) is 10.3 Å². The molecule has 0 spiro atoms. The van der Waals surface area contributed by atoms with Crippen LogP contribution in [-0.2, 0) is 17.7 Å². The third-order valence-corrected chi connectivity index (χ3v) is 3.98. The SMILES string of the molecule is COCCc1noc(Cn2cccc(-c3nc(C4CC4)no3)c2=O)n1. The Labute approximate surface area is 142 Å². The number of aromatic nitrogens is 5. The Balaban J connectivity index is 1.56. The second-order valence-electron chi connectivity index (χ2n) is 5.93. The molecule has 3 heterocycles. The Morgan fingerprint density at radius 2 is 2.16 bits per heavy atom. The summed E-state index contributed by atoms with van der Waals surface area (Å²) in [6.45, 7) is 0.686. The minimum atomic E-state index is -0.245. The fourth-order valence-electron chi connectivity index (χ4n) is 2.47. The molecule has 9 heteroatoms. The lowest BCUT2D eigenvalue weighted by molar-refractivity contribution is 0.199. The molecular formula is C16H17N5O4. The van der Waals surface area contributed by atoms with E-state index in [1.165, 1.54) is 4.57 Å². The fraction of sp³-hybridized carbons (Fsp3) is 0.438. The Hall–Kier alpha value is -2.81. The zero-order chi connectivity index (χ0) is 17.2. The van der Waals surface area contributed by atoms with Gasteiger partial charge in [0.2, 0.25) is 5.89 Å². The van der Waals surface area contributed by atoms with Gasteiger partial charge in [-0.25, -0.2) is 0 Å². The molecule has 0 aliphatic heterocycles. The van der Waals surface area contributed by atoms with Crippen molar-refractivity contribution >= 4 is 0 Å². The van der Waals surface area contributed by atoms with Crippen LogP contribution in [0.5, 0.6) is 0 Å². The lowest BCUT2D eigenvalue weighted by atomic mass is 10.2. The third kappa shape index (κ3) is 3.36. The summed E-state index contributed by atoms with van der Waals surface area (Å²) < 4.78 is 16.9. The van der Waals surface area contributed by atoms with Crippen LogP contribution < -0.4 is 5.56 Å². The van der Waals surface area contributed by atoms with E-state index in [0.29, 0.717) is 42.0 Å². The van der Waals surface area contributed by atoms with Crippen LogP contribution in [0.25, 0.3) is 11.5 Å². The Morgan fingerprint density at radius 3 is 2.96 bits per heavy atom. The number of methoxy groups -OCH3 is 1. The maximum absolute atomic E-state index is 12.7. The predicted octanol–water partition coefficient (Wildman–Crippen LogP) is 1.40. The van der Waals surface area contributed by atoms with Gasteiger partial charge in [0, 0.05) is 25.6 Å². The molecule has 1 aliphatic rings. The van der Waals surface area contributed by atoms with Gasteiger partial charge in [0.1, 0.15) is 12.1 Å². The highest BCUT2D eigenvalue weighted by atomic mass is 16.5. The molecule has 9 nitrogen and oxygen atoms in total. The summed E-state index contributed by atoms with van der Waals surface area (Å²) in [6, 6.07) is 3.42. The molecule has 1 fully saturated rings. The van der Waals surface area contributed by atoms with E-state index in [1.807, 2.05) is 0 Å². The first-order chi connectivity index (χ1) is 12.2. The second-order valence-corrected chi connectivity index (χ2v) is 5.93. The molecule has 25 heavy (non-hydrogen) atoms. The molecule has 130 valence electrons. The van der Waals surface area contributed by atoms with Gasteiger partial charge in [0.05, 0.1) is 6.61 Å². The monoisotopic (exact) mass is 343 g/mol. The first-order valence-electron chi connectivity index (χ1n) is 8.08. The highest BCUT2D eigenvalue weighted by molar-refractivity contribution is 5.50. The molecule has 0 unspecified atom stereocenters. The number of hydrogen-bond acceptors (Lipinski definition) is 8. The maximum Gasteiger partial charge on any atom is 0.263 e. The molecule has 1 aliphatic carbocycles. The largest absolute Gasteiger partial charge is 0.384 e. The molecule has 3 aromatic heterocycles. The Kier molecular flexibility index (Phi) is 4.14. The zero-order valence-electron chi connectivity index (χ0n) is 13.7. The molecule has 1 saturated carbocycles. The Morgan fingerprint density at radius 1 is 1.28 bits per heavy atom. The highest BCUT2D eigenvalue weighted by Crippen LogP contribution is 2.38. The first-order valence-corrected chi connectivity index (χ1v) is 8.08. The molecule has 0 atom stereocenters. The van der Waals surface area contributed by atoms with Gasteiger partial charge in [-0.2, -0.15) is 9.97 Å². The Bertz CT molecular complexity index is 925. The van der Waals surface area contributed by atoms with Gasteiger partial charge >= 0.3 is 0 Å². The van der Waals surface area contributed by atoms with Crippen LogP contribution in [0.15, 0.2) is 32.2 Å². The quantitative estimate of drug-likeness (QED) is 0.633. The number of rotatable bonds is 7. The van der Waals surface area contributed by atoms with E-state index < -0.39 is 0 Å². The van der Waals surface area contributed by atoms with Crippen LogP contribution in [0.2, 0.25) is 0 Å². The third-order valence-electron chi connectivity index (χ3n) is 3.98. The highest BCUT2D eigenvalue weighted by Gasteiger charge is 2.29. The summed E-state index contributed by atoms with van der Waals surface area (Å²) >= 11 is 0. The average Bonchev–Trinajstić information content (AvgIpc) is 3.18. The lowest BCUT2D eigenvalue weighted by Gasteiger charge is -2.02. The van der Waals surface area contributed by atoms with Crippen molar-refractivity contribution in [3.05, 3.63) is 46.2 Å². The average molecular weight is 343 g/mol. The van der Waals surface area contributed by atoms with E-state index in [4.69, 9.17) is 13.8 Å². The van der Waals surface area contributed by atoms with Crippen molar-refractivity contribution in [3.8, 4) is 11.5 Å². The van der Waals surface area contributed by atoms with Crippen LogP contribution in [0.1, 0.15) is 36.3 Å². The van der Waals surface area contributed by atoms with Gasteiger partial charge in [-0.3, -0.25) is 4.79 Å². The summed E-state index contributed by atoms with van der Waals surface area (Å²) in [5.74, 6) is 2.19. The smallest absolute Gasteiger partial charge is 0.263 e. The number of hydrogen-bond donors (Lipinski definition) is 0. The van der Waals surface area contributed by atoms with Crippen molar-refractivity contribution in [1.29, 1.82) is 0 Å². The van der Waals surface area contributed by atoms with E-state index in [1.54, 1.807) is 25.4 Å². The van der Waals surface area contributed by atoms with E-state index in [0.717, 1.165) is 12.8 Å². The summed E-state index contributed by atoms with van der Waals surface area (Å²) in [4.78, 5) is 21.3. The van der Waals surface area contributed by atoms with Crippen LogP contribution in [0.4, 0.5) is 0 Å². The lowest BCUT2D eigenvalue weighted by Crippen LogP contribution is -2.21. The summed E-state index contributed by atoms with van der Waals surface area (Å²) in [5.41, 5.74) is 0.117. The van der Waals surface area contributed by atoms with Crippen LogP contribution in [0.3, 0.4) is 0 Å². The molecule has 0 aromatic carbocycles. The molecule has 0 N–H and O–H groups in total. The second kappa shape index (κ2) is 6.60. The maximum atomic E-state index is 12.7. The van der Waals surface area contributed by atoms with Gasteiger partial charge in [-0.05, 0) is 25.0 Å². The minimum Gasteiger partial charge on any atom is -0.384 e. The van der Waals surface area contributed by atoms with Crippen molar-refractivity contribution in [2.24, 2.45) is 0 Å². The molecule has 4 rings (SSSR count). The summed E-state index contributed by atoms with van der Waals surface area (Å²) in [6.07, 6.45) is 4.35. The molecule has 0 bridgehead atoms. The van der Waals surface area contributed by atoms with E-state index >= 15 is 0 Å². The standard InChI is InChI=1S/C16H17N5O4/c1-23-8-6-12-17-13(24-19-12)9-21-7-2-3-11(16(21)22)15-18-14(20-25-15)10-4-5-10/h2-3,7,10H,4-6,8-9H2,1H3. The number of ether oxygens (including phenoxy) is 1. The van der Waals surface area contributed by atoms with Crippen molar-refractivity contribution in [2.75, 3.05) is 13.7 Å². The zero-order valence-corrected chi connectivity index (χ0v) is 13.7. The first kappa shape index (κ1) is 15.7. The van der Waals surface area contributed by atoms with Crippen molar-refractivity contribution in [3.63, 3.8) is 0 Å². The molecule has 0 radical (unpaired) electrons. The van der Waals surface area contributed by atoms with E-state index in [-0.39, 0.29) is 18.0 Å². The van der Waals surface area contributed by atoms with Gasteiger partial charge < -0.3 is 18.4 Å². The van der Waals surface area contributed by atoms with Gasteiger partial charge in [-0.15, -0.1) is 0 Å².